The lowest BCUT2D eigenvalue weighted by molar-refractivity contribution is -0.385. The average molecular weight is 397 g/mol. The smallest absolute Gasteiger partial charge is 0.310 e. The molecule has 3 aromatic carbocycles. The molecule has 28 heavy (non-hydrogen) atoms. The number of para-hydroxylation sites is 2. The lowest BCUT2D eigenvalue weighted by Gasteiger charge is -2.20. The number of nitro benzene ring substituents is 1. The summed E-state index contributed by atoms with van der Waals surface area (Å²) in [6.45, 7) is -0.345. The number of ether oxygens (including phenoxy) is 1. The van der Waals surface area contributed by atoms with Gasteiger partial charge in [0, 0.05) is 11.1 Å². The van der Waals surface area contributed by atoms with Crippen molar-refractivity contribution in [3.05, 3.63) is 105 Å². The molecule has 3 aromatic rings. The van der Waals surface area contributed by atoms with Crippen LogP contribution in [-0.4, -0.2) is 17.4 Å². The zero-order chi connectivity index (χ0) is 19.9. The Balaban J connectivity index is 1.75. The van der Waals surface area contributed by atoms with E-state index < -0.39 is 16.9 Å². The maximum atomic E-state index is 12.5. The Bertz CT molecular complexity index is 962. The third-order valence-electron chi connectivity index (χ3n) is 4.06. The second-order valence-electron chi connectivity index (χ2n) is 5.98. The molecule has 0 aliphatic heterocycles. The standard InChI is InChI=1S/C21H17ClN2O4/c22-17-12-10-16(11-13-17)21(15-6-2-1-3-7-15)23-20(25)14-28-19-9-5-4-8-18(19)24(26)27/h1-13,21H,14H2,(H,23,25). The van der Waals surface area contributed by atoms with E-state index in [4.69, 9.17) is 16.3 Å². The van der Waals surface area contributed by atoms with Gasteiger partial charge in [0.1, 0.15) is 0 Å². The Morgan fingerprint density at radius 2 is 1.57 bits per heavy atom. The van der Waals surface area contributed by atoms with Gasteiger partial charge in [-0.25, -0.2) is 0 Å². The molecule has 142 valence electrons. The number of carbonyl (C=O) groups is 1. The second kappa shape index (κ2) is 9.01. The van der Waals surface area contributed by atoms with Crippen molar-refractivity contribution in [1.29, 1.82) is 0 Å². The van der Waals surface area contributed by atoms with E-state index in [1.54, 1.807) is 18.2 Å². The fraction of sp³-hybridized carbons (Fsp3) is 0.0952. The normalized spacial score (nSPS) is 11.5. The number of amides is 1. The molecule has 1 amide bonds. The summed E-state index contributed by atoms with van der Waals surface area (Å²) >= 11 is 5.96. The summed E-state index contributed by atoms with van der Waals surface area (Å²) in [6, 6.07) is 22.2. The van der Waals surface area contributed by atoms with Crippen LogP contribution >= 0.6 is 11.6 Å². The summed E-state index contributed by atoms with van der Waals surface area (Å²) in [5, 5.41) is 14.6. The van der Waals surface area contributed by atoms with E-state index >= 15 is 0 Å². The van der Waals surface area contributed by atoms with Crippen molar-refractivity contribution >= 4 is 23.2 Å². The largest absolute Gasteiger partial charge is 0.477 e. The molecule has 1 N–H and O–H groups in total. The molecule has 0 saturated heterocycles. The zero-order valence-corrected chi connectivity index (χ0v) is 15.5. The number of hydrogen-bond acceptors (Lipinski definition) is 4. The number of nitro groups is 1. The fourth-order valence-electron chi connectivity index (χ4n) is 2.74. The molecule has 0 saturated carbocycles. The molecule has 0 aliphatic rings. The van der Waals surface area contributed by atoms with Gasteiger partial charge in [-0.2, -0.15) is 0 Å². The van der Waals surface area contributed by atoms with Gasteiger partial charge in [-0.05, 0) is 29.3 Å². The van der Waals surface area contributed by atoms with Crippen molar-refractivity contribution in [1.82, 2.24) is 5.32 Å². The lowest BCUT2D eigenvalue weighted by Crippen LogP contribution is -2.33. The van der Waals surface area contributed by atoms with E-state index in [9.17, 15) is 14.9 Å². The van der Waals surface area contributed by atoms with E-state index in [-0.39, 0.29) is 18.0 Å². The van der Waals surface area contributed by atoms with Gasteiger partial charge in [0.05, 0.1) is 11.0 Å². The number of benzene rings is 3. The minimum atomic E-state index is -0.548. The average Bonchev–Trinajstić information content (AvgIpc) is 2.72. The molecule has 7 heteroatoms. The van der Waals surface area contributed by atoms with Crippen LogP contribution in [0.2, 0.25) is 5.02 Å². The topological polar surface area (TPSA) is 81.5 Å². The van der Waals surface area contributed by atoms with Crippen LogP contribution in [0.1, 0.15) is 17.2 Å². The molecule has 0 spiro atoms. The molecular formula is C21H17ClN2O4. The molecule has 0 bridgehead atoms. The van der Waals surface area contributed by atoms with Gasteiger partial charge in [-0.15, -0.1) is 0 Å². The summed E-state index contributed by atoms with van der Waals surface area (Å²) in [6.07, 6.45) is 0. The van der Waals surface area contributed by atoms with Gasteiger partial charge in [0.25, 0.3) is 5.91 Å². The minimum Gasteiger partial charge on any atom is -0.477 e. The Labute approximate surface area is 166 Å². The van der Waals surface area contributed by atoms with Crippen LogP contribution in [0, 0.1) is 10.1 Å². The number of rotatable bonds is 7. The van der Waals surface area contributed by atoms with E-state index in [1.807, 2.05) is 42.5 Å². The molecule has 0 fully saturated rings. The van der Waals surface area contributed by atoms with E-state index in [0.29, 0.717) is 5.02 Å². The van der Waals surface area contributed by atoms with Gasteiger partial charge in [0.15, 0.2) is 12.4 Å². The summed E-state index contributed by atoms with van der Waals surface area (Å²) in [5.74, 6) is -0.354. The molecule has 0 aromatic heterocycles. The minimum absolute atomic E-state index is 0.0467. The van der Waals surface area contributed by atoms with Gasteiger partial charge >= 0.3 is 5.69 Å². The first-order valence-electron chi connectivity index (χ1n) is 8.50. The lowest BCUT2D eigenvalue weighted by atomic mass is 9.99. The maximum Gasteiger partial charge on any atom is 0.310 e. The Morgan fingerprint density at radius 3 is 2.25 bits per heavy atom. The quantitative estimate of drug-likeness (QED) is 0.469. The monoisotopic (exact) mass is 396 g/mol. The molecule has 1 atom stereocenters. The predicted octanol–water partition coefficient (Wildman–Crippen LogP) is 4.53. The number of nitrogens with one attached hydrogen (secondary N) is 1. The highest BCUT2D eigenvalue weighted by atomic mass is 35.5. The highest BCUT2D eigenvalue weighted by molar-refractivity contribution is 6.30. The molecule has 6 nitrogen and oxygen atoms in total. The van der Waals surface area contributed by atoms with Gasteiger partial charge in [0.2, 0.25) is 0 Å². The molecule has 1 unspecified atom stereocenters. The first-order chi connectivity index (χ1) is 13.5. The summed E-state index contributed by atoms with van der Waals surface area (Å²) in [4.78, 5) is 23.0. The van der Waals surface area contributed by atoms with Gasteiger partial charge in [-0.1, -0.05) is 66.2 Å². The maximum absolute atomic E-state index is 12.5. The number of carbonyl (C=O) groups excluding carboxylic acids is 1. The van der Waals surface area contributed by atoms with Crippen LogP contribution in [0.4, 0.5) is 5.69 Å². The fourth-order valence-corrected chi connectivity index (χ4v) is 2.86. The number of halogens is 1. The predicted molar refractivity (Wildman–Crippen MR) is 106 cm³/mol. The van der Waals surface area contributed by atoms with Crippen LogP contribution in [0.25, 0.3) is 0 Å². The molecule has 0 aliphatic carbocycles. The summed E-state index contributed by atoms with van der Waals surface area (Å²) < 4.78 is 5.38. The van der Waals surface area contributed by atoms with Crippen LogP contribution in [0.5, 0.6) is 5.75 Å². The highest BCUT2D eigenvalue weighted by Crippen LogP contribution is 2.26. The SMILES string of the molecule is O=C(COc1ccccc1[N+](=O)[O-])NC(c1ccccc1)c1ccc(Cl)cc1. The third-order valence-corrected chi connectivity index (χ3v) is 4.31. The summed E-state index contributed by atoms with van der Waals surface area (Å²) in [5.41, 5.74) is 1.56. The van der Waals surface area contributed by atoms with Crippen molar-refractivity contribution in [2.24, 2.45) is 0 Å². The van der Waals surface area contributed by atoms with Crippen molar-refractivity contribution in [3.63, 3.8) is 0 Å². The van der Waals surface area contributed by atoms with Gasteiger partial charge in [-0.3, -0.25) is 14.9 Å². The number of hydrogen-bond donors (Lipinski definition) is 1. The van der Waals surface area contributed by atoms with E-state index in [1.165, 1.54) is 18.2 Å². The molecule has 3 rings (SSSR count). The second-order valence-corrected chi connectivity index (χ2v) is 6.41. The van der Waals surface area contributed by atoms with Crippen LogP contribution < -0.4 is 10.1 Å². The van der Waals surface area contributed by atoms with Crippen molar-refractivity contribution < 1.29 is 14.5 Å². The first-order valence-corrected chi connectivity index (χ1v) is 8.88. The van der Waals surface area contributed by atoms with Crippen molar-refractivity contribution in [2.75, 3.05) is 6.61 Å². The molecular weight excluding hydrogens is 380 g/mol. The van der Waals surface area contributed by atoms with E-state index in [0.717, 1.165) is 11.1 Å². The zero-order valence-electron chi connectivity index (χ0n) is 14.7. The van der Waals surface area contributed by atoms with Crippen LogP contribution in [0.3, 0.4) is 0 Å². The molecule has 0 heterocycles. The van der Waals surface area contributed by atoms with Crippen LogP contribution in [-0.2, 0) is 4.79 Å². The van der Waals surface area contributed by atoms with Crippen LogP contribution in [0.15, 0.2) is 78.9 Å². The Morgan fingerprint density at radius 1 is 0.964 bits per heavy atom. The third kappa shape index (κ3) is 4.86. The Hall–Kier alpha value is -3.38. The van der Waals surface area contributed by atoms with Crippen molar-refractivity contribution in [3.8, 4) is 5.75 Å². The summed E-state index contributed by atoms with van der Waals surface area (Å²) in [7, 11) is 0. The first kappa shape index (κ1) is 19.4. The highest BCUT2D eigenvalue weighted by Gasteiger charge is 2.19. The Kier molecular flexibility index (Phi) is 6.24. The number of nitrogens with zero attached hydrogens (tertiary/aromatic N) is 1. The van der Waals surface area contributed by atoms with E-state index in [2.05, 4.69) is 5.32 Å². The van der Waals surface area contributed by atoms with Gasteiger partial charge < -0.3 is 10.1 Å². The van der Waals surface area contributed by atoms with Crippen molar-refractivity contribution in [2.45, 2.75) is 6.04 Å². The molecule has 0 radical (unpaired) electrons.